The average Bonchev–Trinajstić information content (AvgIpc) is 2.83. The number of carboxylic acids is 1. The Morgan fingerprint density at radius 3 is 2.45 bits per heavy atom. The summed E-state index contributed by atoms with van der Waals surface area (Å²) in [5.74, 6) is -0.535. The minimum absolute atomic E-state index is 0.326. The normalized spacial score (nSPS) is 16.4. The molecular weight excluding hydrogens is 290 g/mol. The van der Waals surface area contributed by atoms with Crippen molar-refractivity contribution >= 4 is 23.1 Å². The van der Waals surface area contributed by atoms with Crippen LogP contribution in [0, 0.1) is 5.92 Å². The second-order valence-corrected chi connectivity index (χ2v) is 5.56. The number of aryl methyl sites for hydroxylation is 2. The molecule has 1 aliphatic rings. The summed E-state index contributed by atoms with van der Waals surface area (Å²) in [7, 11) is 3.27. The number of aromatic amines is 1. The lowest BCUT2D eigenvalue weighted by Crippen LogP contribution is -2.37. The number of carboxylic acid groups (broad SMARTS) is 1. The Balaban J connectivity index is 2.03. The Morgan fingerprint density at radius 2 is 1.86 bits per heavy atom. The van der Waals surface area contributed by atoms with Gasteiger partial charge in [-0.1, -0.05) is 0 Å². The van der Waals surface area contributed by atoms with Gasteiger partial charge in [0.05, 0.1) is 5.92 Å². The lowest BCUT2D eigenvalue weighted by Gasteiger charge is -2.30. The van der Waals surface area contributed by atoms with Gasteiger partial charge in [0.15, 0.2) is 11.2 Å². The molecule has 2 aromatic rings. The van der Waals surface area contributed by atoms with Gasteiger partial charge in [-0.3, -0.25) is 19.1 Å². The molecule has 2 aromatic heterocycles. The Bertz CT molecular complexity index is 854. The first-order valence-electron chi connectivity index (χ1n) is 7.03. The van der Waals surface area contributed by atoms with E-state index >= 15 is 0 Å². The van der Waals surface area contributed by atoms with Crippen LogP contribution in [-0.2, 0) is 18.9 Å². The zero-order valence-electron chi connectivity index (χ0n) is 12.4. The van der Waals surface area contributed by atoms with Crippen molar-refractivity contribution in [3.05, 3.63) is 20.8 Å². The molecule has 0 saturated carbocycles. The molecule has 22 heavy (non-hydrogen) atoms. The number of rotatable bonds is 2. The number of fused-ring (bicyclic) bond motifs is 1. The Labute approximate surface area is 124 Å². The number of H-pyrrole nitrogens is 1. The lowest BCUT2D eigenvalue weighted by molar-refractivity contribution is -0.142. The highest BCUT2D eigenvalue weighted by Crippen LogP contribution is 2.24. The van der Waals surface area contributed by atoms with Gasteiger partial charge in [-0.25, -0.2) is 4.79 Å². The largest absolute Gasteiger partial charge is 0.481 e. The highest BCUT2D eigenvalue weighted by atomic mass is 16.4. The van der Waals surface area contributed by atoms with Crippen molar-refractivity contribution < 1.29 is 9.90 Å². The predicted octanol–water partition coefficient (Wildman–Crippen LogP) is -0.739. The van der Waals surface area contributed by atoms with Crippen LogP contribution >= 0.6 is 0 Å². The summed E-state index contributed by atoms with van der Waals surface area (Å²) in [6, 6.07) is 0. The number of hydrogen-bond donors (Lipinski definition) is 2. The Morgan fingerprint density at radius 1 is 1.23 bits per heavy atom. The van der Waals surface area contributed by atoms with Crippen LogP contribution in [0.4, 0.5) is 5.95 Å². The SMILES string of the molecule is Cn1c(N2CCC(C(=O)O)CC2)nc2c1c(=O)[nH]c(=O)n2C. The number of anilines is 1. The van der Waals surface area contributed by atoms with Crippen molar-refractivity contribution in [1.82, 2.24) is 19.1 Å². The second-order valence-electron chi connectivity index (χ2n) is 5.56. The molecule has 0 bridgehead atoms. The van der Waals surface area contributed by atoms with Gasteiger partial charge in [0.1, 0.15) is 0 Å². The molecule has 3 heterocycles. The number of aromatic nitrogens is 4. The van der Waals surface area contributed by atoms with Crippen LogP contribution in [0.2, 0.25) is 0 Å². The zero-order chi connectivity index (χ0) is 16.0. The standard InChI is InChI=1S/C13H17N5O4/c1-16-8-9(17(2)13(22)15-10(8)19)14-12(16)18-5-3-7(4-6-18)11(20)21/h7H,3-6H2,1-2H3,(H,20,21)(H,15,19,22). The molecule has 0 unspecified atom stereocenters. The molecule has 2 N–H and O–H groups in total. The van der Waals surface area contributed by atoms with E-state index in [9.17, 15) is 14.4 Å². The number of hydrogen-bond acceptors (Lipinski definition) is 5. The monoisotopic (exact) mass is 307 g/mol. The molecule has 0 aliphatic carbocycles. The summed E-state index contributed by atoms with van der Waals surface area (Å²) in [6.45, 7) is 1.11. The van der Waals surface area contributed by atoms with E-state index in [1.165, 1.54) is 4.57 Å². The van der Waals surface area contributed by atoms with Crippen LogP contribution in [-0.4, -0.2) is 43.3 Å². The molecule has 0 amide bonds. The summed E-state index contributed by atoms with van der Waals surface area (Å²) in [5.41, 5.74) is -0.324. The molecule has 118 valence electrons. The summed E-state index contributed by atoms with van der Waals surface area (Å²) in [5, 5.41) is 9.04. The van der Waals surface area contributed by atoms with Crippen molar-refractivity contribution in [2.45, 2.75) is 12.8 Å². The molecule has 0 spiro atoms. The van der Waals surface area contributed by atoms with Gasteiger partial charge in [-0.05, 0) is 12.8 Å². The Kier molecular flexibility index (Phi) is 3.27. The molecule has 0 radical (unpaired) electrons. The number of carbonyl (C=O) groups is 1. The molecule has 1 saturated heterocycles. The first kappa shape index (κ1) is 14.4. The predicted molar refractivity (Wildman–Crippen MR) is 79.1 cm³/mol. The van der Waals surface area contributed by atoms with Crippen LogP contribution in [0.5, 0.6) is 0 Å². The van der Waals surface area contributed by atoms with Crippen LogP contribution in [0.25, 0.3) is 11.2 Å². The maximum Gasteiger partial charge on any atom is 0.329 e. The number of piperidine rings is 1. The van der Waals surface area contributed by atoms with Gasteiger partial charge < -0.3 is 14.6 Å². The molecule has 1 aliphatic heterocycles. The quantitative estimate of drug-likeness (QED) is 0.755. The number of nitrogens with one attached hydrogen (secondary N) is 1. The first-order chi connectivity index (χ1) is 10.4. The average molecular weight is 307 g/mol. The molecular formula is C13H17N5O4. The third kappa shape index (κ3) is 2.09. The van der Waals surface area contributed by atoms with E-state index < -0.39 is 17.2 Å². The third-order valence-electron chi connectivity index (χ3n) is 4.24. The molecule has 9 nitrogen and oxygen atoms in total. The van der Waals surface area contributed by atoms with Crippen molar-refractivity contribution in [2.75, 3.05) is 18.0 Å². The Hall–Kier alpha value is -2.58. The van der Waals surface area contributed by atoms with Crippen LogP contribution < -0.4 is 16.1 Å². The minimum atomic E-state index is -0.775. The van der Waals surface area contributed by atoms with Crippen molar-refractivity contribution in [3.63, 3.8) is 0 Å². The van der Waals surface area contributed by atoms with E-state index in [0.717, 1.165) is 0 Å². The van der Waals surface area contributed by atoms with Gasteiger partial charge in [0.25, 0.3) is 5.56 Å². The van der Waals surface area contributed by atoms with Crippen LogP contribution in [0.15, 0.2) is 9.59 Å². The zero-order valence-corrected chi connectivity index (χ0v) is 12.4. The van der Waals surface area contributed by atoms with E-state index in [2.05, 4.69) is 9.97 Å². The van der Waals surface area contributed by atoms with E-state index in [1.807, 2.05) is 4.90 Å². The van der Waals surface area contributed by atoms with Crippen molar-refractivity contribution in [3.8, 4) is 0 Å². The molecule has 1 fully saturated rings. The highest BCUT2D eigenvalue weighted by Gasteiger charge is 2.27. The molecule has 9 heteroatoms. The second kappa shape index (κ2) is 5.00. The maximum absolute atomic E-state index is 12.0. The third-order valence-corrected chi connectivity index (χ3v) is 4.24. The van der Waals surface area contributed by atoms with Gasteiger partial charge in [-0.2, -0.15) is 4.98 Å². The van der Waals surface area contributed by atoms with E-state index in [0.29, 0.717) is 43.0 Å². The molecule has 0 atom stereocenters. The van der Waals surface area contributed by atoms with Gasteiger partial charge >= 0.3 is 11.7 Å². The van der Waals surface area contributed by atoms with E-state index in [1.54, 1.807) is 18.7 Å². The summed E-state index contributed by atoms with van der Waals surface area (Å²) in [4.78, 5) is 43.3. The van der Waals surface area contributed by atoms with Gasteiger partial charge in [0, 0.05) is 27.2 Å². The van der Waals surface area contributed by atoms with E-state index in [4.69, 9.17) is 5.11 Å². The fourth-order valence-corrected chi connectivity index (χ4v) is 2.91. The number of aliphatic carboxylic acids is 1. The smallest absolute Gasteiger partial charge is 0.329 e. The fourth-order valence-electron chi connectivity index (χ4n) is 2.91. The van der Waals surface area contributed by atoms with Crippen LogP contribution in [0.1, 0.15) is 12.8 Å². The number of imidazole rings is 1. The maximum atomic E-state index is 12.0. The summed E-state index contributed by atoms with van der Waals surface area (Å²) in [6.07, 6.45) is 1.07. The minimum Gasteiger partial charge on any atom is -0.481 e. The van der Waals surface area contributed by atoms with Gasteiger partial charge in [-0.15, -0.1) is 0 Å². The van der Waals surface area contributed by atoms with Crippen LogP contribution in [0.3, 0.4) is 0 Å². The first-order valence-corrected chi connectivity index (χ1v) is 7.03. The number of nitrogens with zero attached hydrogens (tertiary/aromatic N) is 4. The van der Waals surface area contributed by atoms with Gasteiger partial charge in [0.2, 0.25) is 5.95 Å². The topological polar surface area (TPSA) is 113 Å². The fraction of sp³-hybridized carbons (Fsp3) is 0.538. The summed E-state index contributed by atoms with van der Waals surface area (Å²) < 4.78 is 2.94. The highest BCUT2D eigenvalue weighted by molar-refractivity contribution is 5.74. The lowest BCUT2D eigenvalue weighted by atomic mass is 9.97. The van der Waals surface area contributed by atoms with Crippen molar-refractivity contribution in [1.29, 1.82) is 0 Å². The summed E-state index contributed by atoms with van der Waals surface area (Å²) >= 11 is 0. The molecule has 3 rings (SSSR count). The molecule has 0 aromatic carbocycles. The van der Waals surface area contributed by atoms with Crippen molar-refractivity contribution in [2.24, 2.45) is 20.0 Å². The van der Waals surface area contributed by atoms with E-state index in [-0.39, 0.29) is 5.92 Å².